The first-order valence-electron chi connectivity index (χ1n) is 5.85. The summed E-state index contributed by atoms with van der Waals surface area (Å²) in [5.41, 5.74) is 0.690. The first-order chi connectivity index (χ1) is 8.66. The van der Waals surface area contributed by atoms with Gasteiger partial charge in [-0.3, -0.25) is 9.78 Å². The lowest BCUT2D eigenvalue weighted by atomic mass is 9.97. The van der Waals surface area contributed by atoms with Gasteiger partial charge in [0.1, 0.15) is 0 Å². The van der Waals surface area contributed by atoms with E-state index >= 15 is 0 Å². The molecule has 1 aromatic rings. The number of aromatic nitrogens is 1. The van der Waals surface area contributed by atoms with E-state index in [2.05, 4.69) is 10.3 Å². The van der Waals surface area contributed by atoms with Gasteiger partial charge >= 0.3 is 12.0 Å². The number of nitrogens with zero attached hydrogens (tertiary/aromatic N) is 2. The number of hydrogen-bond donors (Lipinski definition) is 2. The highest BCUT2D eigenvalue weighted by atomic mass is 35.5. The molecule has 1 saturated heterocycles. The Morgan fingerprint density at radius 2 is 1.84 bits per heavy atom. The van der Waals surface area contributed by atoms with Crippen LogP contribution in [-0.2, 0) is 4.79 Å². The molecule has 2 N–H and O–H groups in total. The maximum absolute atomic E-state index is 11.9. The van der Waals surface area contributed by atoms with Crippen LogP contribution in [0.2, 0.25) is 0 Å². The molecule has 6 nitrogen and oxygen atoms in total. The van der Waals surface area contributed by atoms with Crippen molar-refractivity contribution in [1.29, 1.82) is 0 Å². The van der Waals surface area contributed by atoms with Crippen molar-refractivity contribution in [1.82, 2.24) is 9.88 Å². The molecule has 2 amide bonds. The Balaban J connectivity index is 0.00000180. The number of likely N-dealkylation sites (tertiary alicyclic amines) is 1. The number of carboxylic acid groups (broad SMARTS) is 1. The highest BCUT2D eigenvalue weighted by Crippen LogP contribution is 2.18. The highest BCUT2D eigenvalue weighted by Gasteiger charge is 2.26. The fraction of sp³-hybridized carbons (Fsp3) is 0.417. The number of aliphatic carboxylic acids is 1. The second kappa shape index (κ2) is 6.94. The van der Waals surface area contributed by atoms with Crippen LogP contribution in [0.4, 0.5) is 10.5 Å². The van der Waals surface area contributed by atoms with Gasteiger partial charge in [0, 0.05) is 31.2 Å². The number of carbonyl (C=O) groups is 2. The highest BCUT2D eigenvalue weighted by molar-refractivity contribution is 5.89. The normalized spacial score (nSPS) is 15.5. The number of anilines is 1. The van der Waals surface area contributed by atoms with Crippen LogP contribution in [0.1, 0.15) is 12.8 Å². The number of carboxylic acids is 1. The number of rotatable bonds is 2. The zero-order valence-electron chi connectivity index (χ0n) is 10.3. The average molecular weight is 285 g/mol. The monoisotopic (exact) mass is 284 g/mol. The SMILES string of the molecule is O=C(O)C1CCN(C(=O)Nc2ccncc2)CC1.[Cl-]. The van der Waals surface area contributed by atoms with E-state index in [0.717, 1.165) is 0 Å². The van der Waals surface area contributed by atoms with Crippen molar-refractivity contribution in [2.24, 2.45) is 5.92 Å². The lowest BCUT2D eigenvalue weighted by Crippen LogP contribution is -3.00. The zero-order valence-corrected chi connectivity index (χ0v) is 11.0. The number of piperidine rings is 1. The van der Waals surface area contributed by atoms with Crippen LogP contribution in [-0.4, -0.2) is 40.1 Å². The molecule has 2 rings (SSSR count). The van der Waals surface area contributed by atoms with E-state index < -0.39 is 5.97 Å². The minimum Gasteiger partial charge on any atom is -1.00 e. The predicted octanol–water partition coefficient (Wildman–Crippen LogP) is -1.59. The minimum atomic E-state index is -0.774. The molecule has 0 atom stereocenters. The molecule has 0 spiro atoms. The maximum Gasteiger partial charge on any atom is 0.321 e. The van der Waals surface area contributed by atoms with Crippen LogP contribution in [0.5, 0.6) is 0 Å². The van der Waals surface area contributed by atoms with E-state index in [9.17, 15) is 9.59 Å². The van der Waals surface area contributed by atoms with E-state index in [0.29, 0.717) is 31.6 Å². The summed E-state index contributed by atoms with van der Waals surface area (Å²) in [6.45, 7) is 0.960. The van der Waals surface area contributed by atoms with Crippen LogP contribution in [0.15, 0.2) is 24.5 Å². The fourth-order valence-corrected chi connectivity index (χ4v) is 1.97. The van der Waals surface area contributed by atoms with Crippen molar-refractivity contribution in [2.45, 2.75) is 12.8 Å². The molecule has 0 bridgehead atoms. The Morgan fingerprint density at radius 1 is 1.26 bits per heavy atom. The average Bonchev–Trinajstić information content (AvgIpc) is 2.40. The molecule has 0 saturated carbocycles. The van der Waals surface area contributed by atoms with Gasteiger partial charge in [0.05, 0.1) is 5.92 Å². The third kappa shape index (κ3) is 4.10. The quantitative estimate of drug-likeness (QED) is 0.686. The van der Waals surface area contributed by atoms with Gasteiger partial charge in [0.2, 0.25) is 0 Å². The fourth-order valence-electron chi connectivity index (χ4n) is 1.97. The summed E-state index contributed by atoms with van der Waals surface area (Å²) in [5, 5.41) is 11.6. The molecule has 0 radical (unpaired) electrons. The van der Waals surface area contributed by atoms with Crippen LogP contribution in [0, 0.1) is 5.92 Å². The van der Waals surface area contributed by atoms with E-state index in [1.807, 2.05) is 0 Å². The summed E-state index contributed by atoms with van der Waals surface area (Å²) in [6.07, 6.45) is 4.23. The van der Waals surface area contributed by atoms with E-state index in [4.69, 9.17) is 5.11 Å². The van der Waals surface area contributed by atoms with Crippen molar-refractivity contribution < 1.29 is 27.1 Å². The molecule has 0 aliphatic carbocycles. The molecule has 7 heteroatoms. The Bertz CT molecular complexity index is 433. The summed E-state index contributed by atoms with van der Waals surface area (Å²) in [6, 6.07) is 3.23. The first kappa shape index (κ1) is 15.2. The van der Waals surface area contributed by atoms with Gasteiger partial charge in [-0.1, -0.05) is 0 Å². The molecule has 1 aliphatic heterocycles. The number of halogens is 1. The Hall–Kier alpha value is -1.82. The second-order valence-corrected chi connectivity index (χ2v) is 4.27. The zero-order chi connectivity index (χ0) is 13.0. The summed E-state index contributed by atoms with van der Waals surface area (Å²) < 4.78 is 0. The van der Waals surface area contributed by atoms with Crippen molar-refractivity contribution in [2.75, 3.05) is 18.4 Å². The number of hydrogen-bond acceptors (Lipinski definition) is 3. The first-order valence-corrected chi connectivity index (χ1v) is 5.85. The molecule has 0 unspecified atom stereocenters. The molecule has 1 aliphatic rings. The Labute approximate surface area is 117 Å². The van der Waals surface area contributed by atoms with E-state index in [1.165, 1.54) is 0 Å². The second-order valence-electron chi connectivity index (χ2n) is 4.27. The minimum absolute atomic E-state index is 0. The number of carbonyl (C=O) groups excluding carboxylic acids is 1. The lowest BCUT2D eigenvalue weighted by Gasteiger charge is -2.30. The topological polar surface area (TPSA) is 82.5 Å². The molecule has 104 valence electrons. The van der Waals surface area contributed by atoms with Gasteiger partial charge in [0.25, 0.3) is 0 Å². The number of amides is 2. The van der Waals surface area contributed by atoms with Gasteiger partial charge in [-0.25, -0.2) is 4.79 Å². The summed E-state index contributed by atoms with van der Waals surface area (Å²) in [7, 11) is 0. The molecule has 1 aromatic heterocycles. The van der Waals surface area contributed by atoms with Gasteiger partial charge in [-0.05, 0) is 25.0 Å². The molecule has 0 aromatic carbocycles. The Morgan fingerprint density at radius 3 is 2.37 bits per heavy atom. The summed E-state index contributed by atoms with van der Waals surface area (Å²) in [5.74, 6) is -1.10. The third-order valence-electron chi connectivity index (χ3n) is 3.06. The van der Waals surface area contributed by atoms with Gasteiger partial charge in [-0.2, -0.15) is 0 Å². The Kier molecular flexibility index (Phi) is 5.57. The van der Waals surface area contributed by atoms with Crippen molar-refractivity contribution >= 4 is 17.7 Å². The third-order valence-corrected chi connectivity index (χ3v) is 3.06. The molecule has 2 heterocycles. The number of pyridine rings is 1. The molecular weight excluding hydrogens is 270 g/mol. The largest absolute Gasteiger partial charge is 1.00 e. The summed E-state index contributed by atoms with van der Waals surface area (Å²) >= 11 is 0. The molecular formula is C12H15ClN3O3-. The van der Waals surface area contributed by atoms with E-state index in [-0.39, 0.29) is 24.4 Å². The summed E-state index contributed by atoms with van der Waals surface area (Å²) in [4.78, 5) is 28.2. The standard InChI is InChI=1S/C12H15N3O3.ClH/c16-11(17)9-3-7-15(8-4-9)12(18)14-10-1-5-13-6-2-10;/h1-2,5-6,9H,3-4,7-8H2,(H,16,17)(H,13,14,18);1H/p-1. The van der Waals surface area contributed by atoms with Crippen molar-refractivity contribution in [3.63, 3.8) is 0 Å². The van der Waals surface area contributed by atoms with Crippen LogP contribution in [0.25, 0.3) is 0 Å². The van der Waals surface area contributed by atoms with Crippen molar-refractivity contribution in [3.05, 3.63) is 24.5 Å². The number of nitrogens with one attached hydrogen (secondary N) is 1. The molecule has 19 heavy (non-hydrogen) atoms. The van der Waals surface area contributed by atoms with Gasteiger partial charge in [0.15, 0.2) is 0 Å². The van der Waals surface area contributed by atoms with Crippen molar-refractivity contribution in [3.8, 4) is 0 Å². The van der Waals surface area contributed by atoms with Gasteiger partial charge in [-0.15, -0.1) is 0 Å². The van der Waals surface area contributed by atoms with Crippen LogP contribution >= 0.6 is 0 Å². The lowest BCUT2D eigenvalue weighted by molar-refractivity contribution is -0.143. The maximum atomic E-state index is 11.9. The predicted molar refractivity (Wildman–Crippen MR) is 65.2 cm³/mol. The molecule has 1 fully saturated rings. The number of urea groups is 1. The van der Waals surface area contributed by atoms with Crippen LogP contribution in [0.3, 0.4) is 0 Å². The van der Waals surface area contributed by atoms with Gasteiger partial charge < -0.3 is 27.7 Å². The smallest absolute Gasteiger partial charge is 0.321 e. The van der Waals surface area contributed by atoms with E-state index in [1.54, 1.807) is 29.4 Å². The van der Waals surface area contributed by atoms with Crippen LogP contribution < -0.4 is 17.7 Å².